The standard InChI is InChI=1S/C25H31NO5Si/c1-25(2,3)32(4,5)31-17-20-15-22(23(27)26(20)24(28)29)19-11-13-21(14-12-19)30-16-18-9-7-6-8-10-18/h6-15,20H,16-17H2,1-5H3,(H,28,29)/t20-/m1/s1. The molecule has 0 aliphatic carbocycles. The lowest BCUT2D eigenvalue weighted by molar-refractivity contribution is -0.123. The molecule has 2 aromatic rings. The number of imide groups is 1. The number of benzene rings is 2. The van der Waals surface area contributed by atoms with E-state index in [0.717, 1.165) is 10.5 Å². The lowest BCUT2D eigenvalue weighted by Gasteiger charge is -2.37. The highest BCUT2D eigenvalue weighted by Crippen LogP contribution is 2.37. The minimum absolute atomic E-state index is 0.00814. The summed E-state index contributed by atoms with van der Waals surface area (Å²) < 4.78 is 12.0. The molecule has 0 spiro atoms. The molecule has 1 aliphatic rings. The van der Waals surface area contributed by atoms with Gasteiger partial charge in [0.25, 0.3) is 5.91 Å². The number of carboxylic acid groups (broad SMARTS) is 1. The van der Waals surface area contributed by atoms with Crippen LogP contribution >= 0.6 is 0 Å². The topological polar surface area (TPSA) is 76.1 Å². The predicted octanol–water partition coefficient (Wildman–Crippen LogP) is 5.56. The van der Waals surface area contributed by atoms with Crippen LogP contribution in [0, 0.1) is 0 Å². The molecule has 170 valence electrons. The van der Waals surface area contributed by atoms with Gasteiger partial charge in [0.2, 0.25) is 0 Å². The normalized spacial score (nSPS) is 16.8. The SMILES string of the molecule is CC(C)(C)[Si](C)(C)OC[C@H]1C=C(c2ccc(OCc3ccccc3)cc2)C(=O)N1C(=O)O. The maximum absolute atomic E-state index is 12.9. The van der Waals surface area contributed by atoms with Gasteiger partial charge in [0.15, 0.2) is 8.32 Å². The number of ether oxygens (including phenoxy) is 1. The third kappa shape index (κ3) is 5.28. The van der Waals surface area contributed by atoms with E-state index in [4.69, 9.17) is 9.16 Å². The smallest absolute Gasteiger partial charge is 0.414 e. The van der Waals surface area contributed by atoms with Crippen molar-refractivity contribution in [1.82, 2.24) is 4.90 Å². The predicted molar refractivity (Wildman–Crippen MR) is 127 cm³/mol. The summed E-state index contributed by atoms with van der Waals surface area (Å²) >= 11 is 0. The second-order valence-corrected chi connectivity index (χ2v) is 14.3. The van der Waals surface area contributed by atoms with Crippen molar-refractivity contribution in [2.45, 2.75) is 51.6 Å². The molecule has 0 saturated heterocycles. The Kier molecular flexibility index (Phi) is 6.90. The fraction of sp³-hybridized carbons (Fsp3) is 0.360. The molecule has 2 amide bonds. The van der Waals surface area contributed by atoms with Gasteiger partial charge in [-0.3, -0.25) is 4.79 Å². The van der Waals surface area contributed by atoms with Crippen molar-refractivity contribution >= 4 is 25.9 Å². The van der Waals surface area contributed by atoms with Crippen LogP contribution in [-0.4, -0.2) is 43.0 Å². The van der Waals surface area contributed by atoms with Crippen molar-refractivity contribution in [3.63, 3.8) is 0 Å². The van der Waals surface area contributed by atoms with Gasteiger partial charge < -0.3 is 14.3 Å². The average molecular weight is 454 g/mol. The van der Waals surface area contributed by atoms with Gasteiger partial charge in [-0.2, -0.15) is 0 Å². The Labute approximate surface area is 190 Å². The Morgan fingerprint density at radius 2 is 1.69 bits per heavy atom. The molecule has 0 unspecified atom stereocenters. The van der Waals surface area contributed by atoms with Crippen LogP contribution in [0.1, 0.15) is 31.9 Å². The highest BCUT2D eigenvalue weighted by Gasteiger charge is 2.41. The van der Waals surface area contributed by atoms with Crippen LogP contribution in [0.25, 0.3) is 5.57 Å². The van der Waals surface area contributed by atoms with E-state index in [1.807, 2.05) is 30.3 Å². The first-order valence-corrected chi connectivity index (χ1v) is 13.6. The lowest BCUT2D eigenvalue weighted by atomic mass is 10.1. The van der Waals surface area contributed by atoms with Crippen molar-refractivity contribution < 1.29 is 23.9 Å². The van der Waals surface area contributed by atoms with E-state index in [-0.39, 0.29) is 11.6 Å². The number of nitrogens with zero attached hydrogens (tertiary/aromatic N) is 1. The summed E-state index contributed by atoms with van der Waals surface area (Å²) in [6.45, 7) is 11.2. The maximum atomic E-state index is 12.9. The second-order valence-electron chi connectivity index (χ2n) is 9.48. The summed E-state index contributed by atoms with van der Waals surface area (Å²) in [5, 5.41) is 9.63. The van der Waals surface area contributed by atoms with E-state index in [2.05, 4.69) is 33.9 Å². The van der Waals surface area contributed by atoms with Gasteiger partial charge in [-0.25, -0.2) is 9.69 Å². The molecule has 1 atom stereocenters. The van der Waals surface area contributed by atoms with E-state index < -0.39 is 26.4 Å². The lowest BCUT2D eigenvalue weighted by Crippen LogP contribution is -2.46. The third-order valence-electron chi connectivity index (χ3n) is 6.18. The van der Waals surface area contributed by atoms with Gasteiger partial charge in [-0.1, -0.05) is 63.2 Å². The largest absolute Gasteiger partial charge is 0.489 e. The third-order valence-corrected chi connectivity index (χ3v) is 10.7. The number of hydrogen-bond acceptors (Lipinski definition) is 4. The minimum atomic E-state index is -2.08. The molecule has 0 saturated carbocycles. The molecule has 0 radical (unpaired) electrons. The summed E-state index contributed by atoms with van der Waals surface area (Å²) in [6.07, 6.45) is 0.427. The summed E-state index contributed by atoms with van der Waals surface area (Å²) in [7, 11) is -2.08. The molecule has 0 bridgehead atoms. The maximum Gasteiger partial charge on any atom is 0.414 e. The summed E-state index contributed by atoms with van der Waals surface area (Å²) in [6, 6.07) is 16.3. The van der Waals surface area contributed by atoms with Crippen molar-refractivity contribution in [3.8, 4) is 5.75 Å². The fourth-order valence-corrected chi connectivity index (χ4v) is 4.19. The van der Waals surface area contributed by atoms with Crippen molar-refractivity contribution in [2.75, 3.05) is 6.61 Å². The quantitative estimate of drug-likeness (QED) is 0.556. The van der Waals surface area contributed by atoms with Gasteiger partial charge in [0.1, 0.15) is 12.4 Å². The molecule has 7 heteroatoms. The van der Waals surface area contributed by atoms with Gasteiger partial charge in [-0.05, 0) is 47.5 Å². The van der Waals surface area contributed by atoms with E-state index in [1.165, 1.54) is 0 Å². The van der Waals surface area contributed by atoms with Crippen LogP contribution in [0.4, 0.5) is 4.79 Å². The zero-order valence-electron chi connectivity index (χ0n) is 19.3. The first kappa shape index (κ1) is 23.8. The highest BCUT2D eigenvalue weighted by molar-refractivity contribution is 6.74. The molecule has 0 fully saturated rings. The van der Waals surface area contributed by atoms with E-state index in [9.17, 15) is 14.7 Å². The Balaban J connectivity index is 1.73. The molecule has 32 heavy (non-hydrogen) atoms. The van der Waals surface area contributed by atoms with Gasteiger partial charge in [-0.15, -0.1) is 0 Å². The molecule has 0 aromatic heterocycles. The van der Waals surface area contributed by atoms with Gasteiger partial charge >= 0.3 is 6.09 Å². The molecule has 6 nitrogen and oxygen atoms in total. The Morgan fingerprint density at radius 3 is 2.25 bits per heavy atom. The number of rotatable bonds is 7. The monoisotopic (exact) mass is 453 g/mol. The van der Waals surface area contributed by atoms with Crippen LogP contribution in [-0.2, 0) is 15.8 Å². The average Bonchev–Trinajstić information content (AvgIpc) is 3.07. The van der Waals surface area contributed by atoms with Gasteiger partial charge in [0, 0.05) is 5.57 Å². The molecule has 1 heterocycles. The van der Waals surface area contributed by atoms with E-state index >= 15 is 0 Å². The molecular weight excluding hydrogens is 422 g/mol. The van der Waals surface area contributed by atoms with Crippen LogP contribution < -0.4 is 4.74 Å². The van der Waals surface area contributed by atoms with Crippen LogP contribution in [0.2, 0.25) is 18.1 Å². The van der Waals surface area contributed by atoms with Gasteiger partial charge in [0.05, 0.1) is 12.6 Å². The molecule has 2 aromatic carbocycles. The zero-order chi connectivity index (χ0) is 23.5. The molecule has 3 rings (SSSR count). The first-order valence-electron chi connectivity index (χ1n) is 10.7. The zero-order valence-corrected chi connectivity index (χ0v) is 20.3. The summed E-state index contributed by atoms with van der Waals surface area (Å²) in [4.78, 5) is 25.5. The number of hydrogen-bond donors (Lipinski definition) is 1. The minimum Gasteiger partial charge on any atom is -0.489 e. The molecule has 1 aliphatic heterocycles. The van der Waals surface area contributed by atoms with Crippen molar-refractivity contribution in [2.24, 2.45) is 0 Å². The fourth-order valence-electron chi connectivity index (χ4n) is 3.17. The second kappa shape index (κ2) is 9.30. The van der Waals surface area contributed by atoms with Crippen molar-refractivity contribution in [3.05, 3.63) is 71.8 Å². The molecule has 1 N–H and O–H groups in total. The highest BCUT2D eigenvalue weighted by atomic mass is 28.4. The number of carbonyl (C=O) groups excluding carboxylic acids is 1. The summed E-state index contributed by atoms with van der Waals surface area (Å²) in [5.41, 5.74) is 2.08. The first-order chi connectivity index (χ1) is 15.0. The van der Waals surface area contributed by atoms with Crippen LogP contribution in [0.5, 0.6) is 5.75 Å². The number of carbonyl (C=O) groups is 2. The molecular formula is C25H31NO5Si. The Hall–Kier alpha value is -2.90. The number of amides is 2. The van der Waals surface area contributed by atoms with Crippen molar-refractivity contribution in [1.29, 1.82) is 0 Å². The van der Waals surface area contributed by atoms with E-state index in [0.29, 0.717) is 23.5 Å². The van der Waals surface area contributed by atoms with Crippen LogP contribution in [0.15, 0.2) is 60.7 Å². The van der Waals surface area contributed by atoms with Crippen LogP contribution in [0.3, 0.4) is 0 Å². The van der Waals surface area contributed by atoms with E-state index in [1.54, 1.807) is 30.3 Å². The Bertz CT molecular complexity index is 993. The Morgan fingerprint density at radius 1 is 1.06 bits per heavy atom. The summed E-state index contributed by atoms with van der Waals surface area (Å²) in [5.74, 6) is 0.149.